The Balaban J connectivity index is 1.43. The summed E-state index contributed by atoms with van der Waals surface area (Å²) >= 11 is 10.7. The van der Waals surface area contributed by atoms with Gasteiger partial charge in [-0.3, -0.25) is 8.72 Å². The van der Waals surface area contributed by atoms with Crippen molar-refractivity contribution < 1.29 is 8.95 Å². The second-order valence-electron chi connectivity index (χ2n) is 6.87. The zero-order valence-electron chi connectivity index (χ0n) is 16.0. The molecule has 3 rings (SSSR count). The molecule has 0 bridgehead atoms. The van der Waals surface area contributed by atoms with E-state index < -0.39 is 17.3 Å². The summed E-state index contributed by atoms with van der Waals surface area (Å²) in [5, 5.41) is 14.0. The van der Waals surface area contributed by atoms with Crippen LogP contribution in [0.1, 0.15) is 32.6 Å². The van der Waals surface area contributed by atoms with Crippen molar-refractivity contribution in [1.29, 1.82) is 0 Å². The van der Waals surface area contributed by atoms with Crippen LogP contribution in [0.25, 0.3) is 0 Å². The Labute approximate surface area is 178 Å². The molecule has 2 heterocycles. The highest BCUT2D eigenvalue weighted by molar-refractivity contribution is 7.80. The third kappa shape index (κ3) is 4.68. The number of hydrogen-bond acceptors (Lipinski definition) is 5. The van der Waals surface area contributed by atoms with Gasteiger partial charge in [-0.05, 0) is 44.0 Å². The summed E-state index contributed by atoms with van der Waals surface area (Å²) in [7, 11) is 1.77. The van der Waals surface area contributed by atoms with E-state index >= 15 is 0 Å². The fourth-order valence-electron chi connectivity index (χ4n) is 3.23. The number of hydroxylamine groups is 2. The second kappa shape index (κ2) is 9.54. The molecule has 28 heavy (non-hydrogen) atoms. The van der Waals surface area contributed by atoms with E-state index in [9.17, 15) is 9.42 Å². The van der Waals surface area contributed by atoms with Crippen LogP contribution in [0.3, 0.4) is 0 Å². The number of nitrogens with zero attached hydrogens (tertiary/aromatic N) is 4. The molecule has 1 aromatic carbocycles. The number of ether oxygens (including phenoxy) is 1. The first-order valence-electron chi connectivity index (χ1n) is 9.33. The maximum Gasteiger partial charge on any atom is 0.200 e. The van der Waals surface area contributed by atoms with E-state index in [2.05, 4.69) is 0 Å². The normalized spacial score (nSPS) is 22.8. The highest BCUT2D eigenvalue weighted by Gasteiger charge is 2.40. The average Bonchev–Trinajstić information content (AvgIpc) is 2.89. The summed E-state index contributed by atoms with van der Waals surface area (Å²) in [4.78, 5) is 0. The van der Waals surface area contributed by atoms with Gasteiger partial charge in [0.2, 0.25) is 0 Å². The Morgan fingerprint density at radius 3 is 2.61 bits per heavy atom. The first-order chi connectivity index (χ1) is 13.4. The van der Waals surface area contributed by atoms with Crippen molar-refractivity contribution in [3.05, 3.63) is 46.0 Å². The monoisotopic (exact) mass is 447 g/mol. The largest absolute Gasteiger partial charge is 0.756 e. The predicted octanol–water partition coefficient (Wildman–Crippen LogP) is 3.89. The first-order valence-corrected chi connectivity index (χ1v) is 11.1. The standard InChI is InChI=1S/C18H25Cl2N4O3S/c1-14-23(20)17-13-21(2)28(26)22(18(17)24(14)25)11-5-3-4-6-12-27-16-9-7-15(19)8-10-16/h7-10,14H,3-6,11-13H2,1-2H3/q-1. The Hall–Kier alpha value is -1.19. The molecule has 0 saturated heterocycles. The minimum Gasteiger partial charge on any atom is -0.756 e. The lowest BCUT2D eigenvalue weighted by Crippen LogP contribution is -2.45. The van der Waals surface area contributed by atoms with Gasteiger partial charge < -0.3 is 15.0 Å². The zero-order valence-corrected chi connectivity index (χ0v) is 18.3. The van der Waals surface area contributed by atoms with Gasteiger partial charge in [0.15, 0.2) is 11.2 Å². The molecule has 1 aromatic rings. The van der Waals surface area contributed by atoms with Crippen molar-refractivity contribution in [2.45, 2.75) is 38.8 Å². The number of likely N-dealkylation sites (N-methyl/N-ethyl adjacent to an activating group) is 1. The van der Waals surface area contributed by atoms with E-state index in [-0.39, 0.29) is 0 Å². The minimum atomic E-state index is -1.37. The van der Waals surface area contributed by atoms with Crippen molar-refractivity contribution in [3.8, 4) is 5.75 Å². The van der Waals surface area contributed by atoms with Crippen LogP contribution < -0.4 is 4.74 Å². The number of halogens is 2. The smallest absolute Gasteiger partial charge is 0.200 e. The van der Waals surface area contributed by atoms with Crippen molar-refractivity contribution in [2.75, 3.05) is 26.7 Å². The summed E-state index contributed by atoms with van der Waals surface area (Å²) in [6, 6.07) is 7.32. The lowest BCUT2D eigenvalue weighted by atomic mass is 10.2. The van der Waals surface area contributed by atoms with Crippen molar-refractivity contribution >= 4 is 34.5 Å². The Bertz CT molecular complexity index is 734. The number of rotatable bonds is 8. The Morgan fingerprint density at radius 1 is 1.21 bits per heavy atom. The topological polar surface area (TPSA) is 62.3 Å². The number of benzene rings is 1. The molecule has 156 valence electrons. The van der Waals surface area contributed by atoms with Crippen LogP contribution in [0.5, 0.6) is 5.75 Å². The van der Waals surface area contributed by atoms with Gasteiger partial charge in [0.1, 0.15) is 17.7 Å². The van der Waals surface area contributed by atoms with E-state index in [0.717, 1.165) is 36.5 Å². The molecule has 0 saturated carbocycles. The van der Waals surface area contributed by atoms with Crippen molar-refractivity contribution in [1.82, 2.24) is 18.1 Å². The maximum atomic E-state index is 12.6. The van der Waals surface area contributed by atoms with Gasteiger partial charge in [0.05, 0.1) is 18.8 Å². The molecule has 0 fully saturated rings. The predicted molar refractivity (Wildman–Crippen MR) is 112 cm³/mol. The minimum absolute atomic E-state index is 0.396. The molecule has 0 N–H and O–H groups in total. The summed E-state index contributed by atoms with van der Waals surface area (Å²) in [5.41, 5.74) is 0.711. The molecule has 2 unspecified atom stereocenters. The lowest BCUT2D eigenvalue weighted by Gasteiger charge is -2.40. The van der Waals surface area contributed by atoms with Crippen molar-refractivity contribution in [2.24, 2.45) is 0 Å². The maximum absolute atomic E-state index is 12.6. The Kier molecular flexibility index (Phi) is 7.33. The quantitative estimate of drug-likeness (QED) is 0.446. The fraction of sp³-hybridized carbons (Fsp3) is 0.556. The van der Waals surface area contributed by atoms with E-state index in [4.69, 9.17) is 28.1 Å². The molecule has 0 spiro atoms. The van der Waals surface area contributed by atoms with Gasteiger partial charge in [0.25, 0.3) is 0 Å². The molecular weight excluding hydrogens is 423 g/mol. The molecule has 0 aliphatic carbocycles. The van der Waals surface area contributed by atoms with Crippen LogP contribution in [-0.4, -0.2) is 55.2 Å². The molecular formula is C18H25Cl2N4O3S-. The van der Waals surface area contributed by atoms with Gasteiger partial charge in [-0.2, -0.15) is 0 Å². The van der Waals surface area contributed by atoms with E-state index in [1.54, 1.807) is 34.7 Å². The van der Waals surface area contributed by atoms with Crippen LogP contribution in [0.4, 0.5) is 0 Å². The highest BCUT2D eigenvalue weighted by Crippen LogP contribution is 2.37. The van der Waals surface area contributed by atoms with Crippen LogP contribution in [-0.2, 0) is 11.2 Å². The first kappa shape index (κ1) is 21.5. The molecule has 10 heteroatoms. The lowest BCUT2D eigenvalue weighted by molar-refractivity contribution is 0.258. The van der Waals surface area contributed by atoms with Gasteiger partial charge in [-0.15, -0.1) is 0 Å². The third-order valence-corrected chi connectivity index (χ3v) is 6.93. The molecule has 0 amide bonds. The summed E-state index contributed by atoms with van der Waals surface area (Å²) in [5.74, 6) is 1.25. The van der Waals surface area contributed by atoms with Crippen molar-refractivity contribution in [3.63, 3.8) is 0 Å². The summed E-state index contributed by atoms with van der Waals surface area (Å²) in [6.45, 7) is 3.32. The van der Waals surface area contributed by atoms with Crippen LogP contribution >= 0.6 is 23.4 Å². The van der Waals surface area contributed by atoms with Gasteiger partial charge >= 0.3 is 0 Å². The zero-order chi connectivity index (χ0) is 20.3. The highest BCUT2D eigenvalue weighted by atomic mass is 35.5. The Morgan fingerprint density at radius 2 is 1.89 bits per heavy atom. The summed E-state index contributed by atoms with van der Waals surface area (Å²) in [6.07, 6.45) is 3.22. The number of unbranched alkanes of at least 4 members (excludes halogenated alkanes) is 3. The van der Waals surface area contributed by atoms with Crippen LogP contribution in [0, 0.1) is 5.21 Å². The van der Waals surface area contributed by atoms with Gasteiger partial charge in [-0.25, -0.2) is 8.51 Å². The van der Waals surface area contributed by atoms with Gasteiger partial charge in [0, 0.05) is 30.4 Å². The number of hydrogen-bond donors (Lipinski definition) is 0. The van der Waals surface area contributed by atoms with E-state index in [0.29, 0.717) is 36.2 Å². The SMILES string of the molecule is CC1N([O-])C2=C(CN(C)S(=O)N2CCCCCCOc2ccc(Cl)cc2)N1Cl. The van der Waals surface area contributed by atoms with Crippen LogP contribution in [0.15, 0.2) is 35.8 Å². The molecule has 0 radical (unpaired) electrons. The van der Waals surface area contributed by atoms with E-state index in [1.165, 1.54) is 4.42 Å². The molecule has 2 aliphatic heterocycles. The molecule has 2 atom stereocenters. The van der Waals surface area contributed by atoms with Gasteiger partial charge in [-0.1, -0.05) is 24.4 Å². The molecule has 0 aromatic heterocycles. The summed E-state index contributed by atoms with van der Waals surface area (Å²) < 4.78 is 23.1. The van der Waals surface area contributed by atoms with Crippen LogP contribution in [0.2, 0.25) is 5.02 Å². The fourth-order valence-corrected chi connectivity index (χ4v) is 4.76. The average molecular weight is 448 g/mol. The third-order valence-electron chi connectivity index (χ3n) is 4.79. The molecule has 7 nitrogen and oxygen atoms in total. The molecule has 2 aliphatic rings. The van der Waals surface area contributed by atoms with E-state index in [1.807, 2.05) is 12.1 Å². The second-order valence-corrected chi connectivity index (χ2v) is 9.20.